The molecule has 2 heterocycles. The number of thioether (sulfide) groups is 1. The fraction of sp³-hybridized carbons (Fsp3) is 0.500. The first-order chi connectivity index (χ1) is 13.2. The average Bonchev–Trinajstić information content (AvgIpc) is 2.82. The number of anilines is 1. The Bertz CT molecular complexity index is 891. The molecule has 1 aromatic carbocycles. The first-order valence-corrected chi connectivity index (χ1v) is 11.5. The van der Waals surface area contributed by atoms with Crippen molar-refractivity contribution in [3.8, 4) is 0 Å². The number of hydrogen-bond acceptors (Lipinski definition) is 7. The molecular weight excluding hydrogens is 401 g/mol. The SMILES string of the molecule is CCOP(=O)(OCC)N1C(=O)C(C)(C)c2cc(C3=NNC(=O)SC3C)ccc21. The summed E-state index contributed by atoms with van der Waals surface area (Å²) in [6, 6.07) is 5.40. The molecular formula is C18H24N3O5PS. The van der Waals surface area contributed by atoms with E-state index in [1.807, 2.05) is 13.0 Å². The standard InChI is InChI=1S/C18H24N3O5PS/c1-6-25-27(24,26-7-2)21-14-9-8-12(10-13(14)18(4,5)16(21)22)15-11(3)28-17(23)20-19-15/h8-11H,6-7H2,1-5H3,(H,20,23). The summed E-state index contributed by atoms with van der Waals surface area (Å²) in [6.45, 7) is 9.17. The Morgan fingerprint density at radius 2 is 1.89 bits per heavy atom. The smallest absolute Gasteiger partial charge is 0.292 e. The highest BCUT2D eigenvalue weighted by Crippen LogP contribution is 2.60. The molecule has 1 atom stereocenters. The van der Waals surface area contributed by atoms with E-state index < -0.39 is 13.2 Å². The summed E-state index contributed by atoms with van der Waals surface area (Å²) >= 11 is 1.15. The number of hydrazone groups is 1. The van der Waals surface area contributed by atoms with Gasteiger partial charge in [0, 0.05) is 0 Å². The largest absolute Gasteiger partial charge is 0.442 e. The first-order valence-electron chi connectivity index (χ1n) is 9.09. The highest BCUT2D eigenvalue weighted by molar-refractivity contribution is 8.14. The molecule has 28 heavy (non-hydrogen) atoms. The van der Waals surface area contributed by atoms with Crippen LogP contribution in [0.15, 0.2) is 23.3 Å². The summed E-state index contributed by atoms with van der Waals surface area (Å²) in [6.07, 6.45) is 0. The summed E-state index contributed by atoms with van der Waals surface area (Å²) in [4.78, 5) is 24.7. The maximum atomic E-state index is 13.3. The number of nitrogens with zero attached hydrogens (tertiary/aromatic N) is 2. The third-order valence-corrected chi connectivity index (χ3v) is 7.63. The Labute approximate surface area is 168 Å². The minimum atomic E-state index is -3.81. The summed E-state index contributed by atoms with van der Waals surface area (Å²) < 4.78 is 25.3. The number of carbonyl (C=O) groups is 2. The van der Waals surface area contributed by atoms with E-state index >= 15 is 0 Å². The van der Waals surface area contributed by atoms with Crippen LogP contribution in [0.4, 0.5) is 10.5 Å². The fourth-order valence-corrected chi connectivity index (χ4v) is 5.92. The predicted molar refractivity (Wildman–Crippen MR) is 110 cm³/mol. The van der Waals surface area contributed by atoms with Gasteiger partial charge in [0.25, 0.3) is 5.24 Å². The topological polar surface area (TPSA) is 97.3 Å². The van der Waals surface area contributed by atoms with Crippen LogP contribution in [0.1, 0.15) is 45.7 Å². The van der Waals surface area contributed by atoms with E-state index in [4.69, 9.17) is 9.05 Å². The van der Waals surface area contributed by atoms with Gasteiger partial charge in [-0.15, -0.1) is 0 Å². The van der Waals surface area contributed by atoms with Crippen molar-refractivity contribution < 1.29 is 23.2 Å². The number of hydrogen-bond donors (Lipinski definition) is 1. The number of benzene rings is 1. The third kappa shape index (κ3) is 3.41. The lowest BCUT2D eigenvalue weighted by molar-refractivity contribution is -0.121. The monoisotopic (exact) mass is 425 g/mol. The van der Waals surface area contributed by atoms with Gasteiger partial charge in [0.05, 0.1) is 35.3 Å². The number of carbonyl (C=O) groups excluding carboxylic acids is 2. The molecule has 0 fully saturated rings. The number of fused-ring (bicyclic) bond motifs is 1. The van der Waals surface area contributed by atoms with Crippen molar-refractivity contribution in [3.63, 3.8) is 0 Å². The van der Waals surface area contributed by atoms with Gasteiger partial charge in [-0.1, -0.05) is 17.8 Å². The van der Waals surface area contributed by atoms with Crippen LogP contribution in [0.2, 0.25) is 0 Å². The molecule has 0 aliphatic carbocycles. The van der Waals surface area contributed by atoms with Crippen molar-refractivity contribution in [1.29, 1.82) is 0 Å². The number of nitrogens with one attached hydrogen (secondary N) is 1. The van der Waals surface area contributed by atoms with Gasteiger partial charge in [-0.25, -0.2) is 14.7 Å². The first kappa shape index (κ1) is 21.0. The molecule has 8 nitrogen and oxygen atoms in total. The molecule has 2 amide bonds. The molecule has 1 aromatic rings. The molecule has 0 aromatic heterocycles. The number of rotatable bonds is 6. The van der Waals surface area contributed by atoms with E-state index in [0.717, 1.165) is 17.3 Å². The molecule has 1 N–H and O–H groups in total. The summed E-state index contributed by atoms with van der Waals surface area (Å²) in [5.74, 6) is -0.341. The molecule has 0 radical (unpaired) electrons. The molecule has 2 aliphatic heterocycles. The Hall–Kier alpha value is -1.67. The fourth-order valence-electron chi connectivity index (χ4n) is 3.33. The molecule has 152 valence electrons. The normalized spacial score (nSPS) is 21.4. The Balaban J connectivity index is 2.10. The molecule has 3 rings (SSSR count). The Morgan fingerprint density at radius 1 is 1.25 bits per heavy atom. The van der Waals surface area contributed by atoms with Gasteiger partial charge < -0.3 is 0 Å². The molecule has 0 bridgehead atoms. The Kier molecular flexibility index (Phi) is 5.74. The number of amides is 2. The molecule has 2 aliphatic rings. The zero-order valence-corrected chi connectivity index (χ0v) is 18.2. The van der Waals surface area contributed by atoms with Gasteiger partial charge in [-0.05, 0) is 57.9 Å². The van der Waals surface area contributed by atoms with Gasteiger partial charge in [-0.2, -0.15) is 5.10 Å². The van der Waals surface area contributed by atoms with Gasteiger partial charge >= 0.3 is 7.75 Å². The second-order valence-corrected chi connectivity index (χ2v) is 10.1. The minimum Gasteiger partial charge on any atom is -0.292 e. The highest BCUT2D eigenvalue weighted by Gasteiger charge is 2.52. The quantitative estimate of drug-likeness (QED) is 0.691. The van der Waals surface area contributed by atoms with Crippen LogP contribution in [0, 0.1) is 0 Å². The molecule has 0 saturated carbocycles. The lowest BCUT2D eigenvalue weighted by Gasteiger charge is -2.27. The zero-order valence-electron chi connectivity index (χ0n) is 16.5. The lowest BCUT2D eigenvalue weighted by Crippen LogP contribution is -2.35. The maximum Gasteiger partial charge on any atom is 0.442 e. The van der Waals surface area contributed by atoms with Crippen molar-refractivity contribution in [3.05, 3.63) is 29.3 Å². The Morgan fingerprint density at radius 3 is 2.46 bits per heavy atom. The van der Waals surface area contributed by atoms with E-state index in [0.29, 0.717) is 17.0 Å². The van der Waals surface area contributed by atoms with Crippen LogP contribution >= 0.6 is 19.5 Å². The van der Waals surface area contributed by atoms with Crippen LogP contribution in [0.5, 0.6) is 0 Å². The van der Waals surface area contributed by atoms with E-state index in [9.17, 15) is 14.2 Å². The molecule has 0 saturated heterocycles. The average molecular weight is 425 g/mol. The van der Waals surface area contributed by atoms with Crippen LogP contribution in [0.3, 0.4) is 0 Å². The third-order valence-electron chi connectivity index (χ3n) is 4.69. The second-order valence-electron chi connectivity index (χ2n) is 6.93. The van der Waals surface area contributed by atoms with Gasteiger partial charge in [0.15, 0.2) is 0 Å². The highest BCUT2D eigenvalue weighted by atomic mass is 32.2. The van der Waals surface area contributed by atoms with Crippen molar-refractivity contribution in [2.24, 2.45) is 5.10 Å². The van der Waals surface area contributed by atoms with Crippen molar-refractivity contribution in [1.82, 2.24) is 5.43 Å². The van der Waals surface area contributed by atoms with Gasteiger partial charge in [0.1, 0.15) is 0 Å². The van der Waals surface area contributed by atoms with Gasteiger partial charge in [0.2, 0.25) is 5.91 Å². The van der Waals surface area contributed by atoms with Crippen molar-refractivity contribution in [2.45, 2.75) is 45.3 Å². The van der Waals surface area contributed by atoms with Crippen LogP contribution in [-0.2, 0) is 23.8 Å². The van der Waals surface area contributed by atoms with E-state index in [2.05, 4.69) is 10.5 Å². The minimum absolute atomic E-state index is 0.124. The summed E-state index contributed by atoms with van der Waals surface area (Å²) in [5, 5.41) is 3.85. The maximum absolute atomic E-state index is 13.3. The summed E-state index contributed by atoms with van der Waals surface area (Å²) in [7, 11) is -3.81. The van der Waals surface area contributed by atoms with E-state index in [-0.39, 0.29) is 29.6 Å². The molecule has 1 unspecified atom stereocenters. The zero-order chi connectivity index (χ0) is 20.7. The van der Waals surface area contributed by atoms with Crippen molar-refractivity contribution in [2.75, 3.05) is 17.9 Å². The van der Waals surface area contributed by atoms with E-state index in [1.54, 1.807) is 39.8 Å². The van der Waals surface area contributed by atoms with Crippen LogP contribution < -0.4 is 10.1 Å². The van der Waals surface area contributed by atoms with Crippen molar-refractivity contribution >= 4 is 42.1 Å². The molecule has 10 heteroatoms. The summed E-state index contributed by atoms with van der Waals surface area (Å²) in [5.41, 5.74) is 4.29. The predicted octanol–water partition coefficient (Wildman–Crippen LogP) is 4.04. The molecule has 0 spiro atoms. The van der Waals surface area contributed by atoms with E-state index in [1.165, 1.54) is 4.67 Å². The van der Waals surface area contributed by atoms with Gasteiger partial charge in [-0.3, -0.25) is 18.6 Å². The van der Waals surface area contributed by atoms with Crippen LogP contribution in [0.25, 0.3) is 0 Å². The second kappa shape index (κ2) is 7.63. The van der Waals surface area contributed by atoms with Crippen LogP contribution in [-0.4, -0.2) is 35.3 Å². The lowest BCUT2D eigenvalue weighted by atomic mass is 9.85.